The second kappa shape index (κ2) is 2.75. The van der Waals surface area contributed by atoms with E-state index in [1.165, 1.54) is 44.9 Å². The van der Waals surface area contributed by atoms with Gasteiger partial charge in [-0.2, -0.15) is 0 Å². The van der Waals surface area contributed by atoms with E-state index in [1.54, 1.807) is 0 Å². The number of hydrogen-bond acceptors (Lipinski definition) is 1. The summed E-state index contributed by atoms with van der Waals surface area (Å²) in [6.07, 6.45) is 10.7. The average molecular weight is 194 g/mol. The molecule has 80 valence electrons. The van der Waals surface area contributed by atoms with E-state index in [0.29, 0.717) is 16.7 Å². The minimum absolute atomic E-state index is 0.0283. The van der Waals surface area contributed by atoms with Crippen LogP contribution in [-0.2, 0) is 0 Å². The zero-order chi connectivity index (χ0) is 9.81. The number of rotatable bonds is 3. The first-order valence-electron chi connectivity index (χ1n) is 6.32. The summed E-state index contributed by atoms with van der Waals surface area (Å²) >= 11 is 0. The summed E-state index contributed by atoms with van der Waals surface area (Å²) in [5.74, 6) is 0.694. The highest BCUT2D eigenvalue weighted by atomic mass is 16.3. The summed E-state index contributed by atoms with van der Waals surface area (Å²) in [6, 6.07) is 0. The molecule has 2 unspecified atom stereocenters. The molecule has 14 heavy (non-hydrogen) atoms. The molecular formula is C13H22O. The largest absolute Gasteiger partial charge is 0.393 e. The van der Waals surface area contributed by atoms with Crippen molar-refractivity contribution < 1.29 is 5.11 Å². The van der Waals surface area contributed by atoms with Gasteiger partial charge >= 0.3 is 0 Å². The van der Waals surface area contributed by atoms with Crippen molar-refractivity contribution in [1.29, 1.82) is 0 Å². The topological polar surface area (TPSA) is 20.2 Å². The van der Waals surface area contributed by atoms with Gasteiger partial charge in [0.05, 0.1) is 6.10 Å². The van der Waals surface area contributed by atoms with Crippen LogP contribution >= 0.6 is 0 Å². The van der Waals surface area contributed by atoms with Gasteiger partial charge in [0.2, 0.25) is 0 Å². The van der Waals surface area contributed by atoms with Crippen molar-refractivity contribution in [3.05, 3.63) is 0 Å². The third-order valence-corrected chi connectivity index (χ3v) is 5.12. The predicted molar refractivity (Wildman–Crippen MR) is 57.0 cm³/mol. The predicted octanol–water partition coefficient (Wildman–Crippen LogP) is 3.12. The van der Waals surface area contributed by atoms with E-state index in [-0.39, 0.29) is 6.10 Å². The smallest absolute Gasteiger partial charge is 0.0579 e. The van der Waals surface area contributed by atoms with Crippen LogP contribution in [0, 0.1) is 16.7 Å². The molecule has 0 aromatic rings. The Labute approximate surface area is 86.9 Å². The van der Waals surface area contributed by atoms with Gasteiger partial charge < -0.3 is 5.11 Å². The number of aliphatic hydroxyl groups excluding tert-OH is 1. The minimum Gasteiger partial charge on any atom is -0.393 e. The molecule has 3 aliphatic rings. The molecule has 3 fully saturated rings. The highest BCUT2D eigenvalue weighted by Gasteiger charge is 2.65. The van der Waals surface area contributed by atoms with Gasteiger partial charge in [-0.15, -0.1) is 0 Å². The molecule has 1 N–H and O–H groups in total. The van der Waals surface area contributed by atoms with Crippen molar-refractivity contribution in [2.75, 3.05) is 0 Å². The summed E-state index contributed by atoms with van der Waals surface area (Å²) in [5.41, 5.74) is 1.16. The van der Waals surface area contributed by atoms with Crippen LogP contribution in [0.4, 0.5) is 0 Å². The fraction of sp³-hybridized carbons (Fsp3) is 1.00. The van der Waals surface area contributed by atoms with Crippen LogP contribution < -0.4 is 0 Å². The van der Waals surface area contributed by atoms with E-state index < -0.39 is 0 Å². The van der Waals surface area contributed by atoms with Gasteiger partial charge in [0.15, 0.2) is 0 Å². The second-order valence-electron chi connectivity index (χ2n) is 6.46. The van der Waals surface area contributed by atoms with Gasteiger partial charge in [-0.05, 0) is 55.3 Å². The molecule has 0 saturated heterocycles. The van der Waals surface area contributed by atoms with Gasteiger partial charge in [-0.1, -0.05) is 19.8 Å². The minimum atomic E-state index is 0.0283. The Kier molecular flexibility index (Phi) is 1.81. The molecule has 0 radical (unpaired) electrons. The quantitative estimate of drug-likeness (QED) is 0.732. The van der Waals surface area contributed by atoms with Gasteiger partial charge in [0, 0.05) is 0 Å². The van der Waals surface area contributed by atoms with Crippen LogP contribution in [0.3, 0.4) is 0 Å². The van der Waals surface area contributed by atoms with Gasteiger partial charge in [0.25, 0.3) is 0 Å². The molecule has 3 saturated carbocycles. The third kappa shape index (κ3) is 1.41. The molecule has 0 aromatic heterocycles. The van der Waals surface area contributed by atoms with Crippen LogP contribution in [0.15, 0.2) is 0 Å². The van der Waals surface area contributed by atoms with Crippen LogP contribution in [-0.4, -0.2) is 11.2 Å². The van der Waals surface area contributed by atoms with Crippen molar-refractivity contribution in [3.63, 3.8) is 0 Å². The van der Waals surface area contributed by atoms with E-state index >= 15 is 0 Å². The molecule has 0 aliphatic heterocycles. The summed E-state index contributed by atoms with van der Waals surface area (Å²) in [5, 5.41) is 10.2. The summed E-state index contributed by atoms with van der Waals surface area (Å²) in [6.45, 7) is 2.38. The Morgan fingerprint density at radius 2 is 1.86 bits per heavy atom. The Balaban J connectivity index is 1.56. The molecule has 2 atom stereocenters. The van der Waals surface area contributed by atoms with Gasteiger partial charge in [-0.25, -0.2) is 0 Å². The fourth-order valence-electron chi connectivity index (χ4n) is 3.74. The first-order valence-corrected chi connectivity index (χ1v) is 6.32. The normalized spacial score (nSPS) is 38.6. The number of aliphatic hydroxyl groups is 1. The van der Waals surface area contributed by atoms with E-state index in [2.05, 4.69) is 6.92 Å². The molecule has 3 aliphatic carbocycles. The third-order valence-electron chi connectivity index (χ3n) is 5.12. The molecule has 0 heterocycles. The Hall–Kier alpha value is -0.0400. The second-order valence-corrected chi connectivity index (χ2v) is 6.46. The van der Waals surface area contributed by atoms with Gasteiger partial charge in [0.1, 0.15) is 0 Å². The SMILES string of the molecule is CC1(CC(O)C2CC23CC3)CCCC1. The van der Waals surface area contributed by atoms with Crippen LogP contribution in [0.2, 0.25) is 0 Å². The Bertz CT molecular complexity index is 236. The fourth-order valence-corrected chi connectivity index (χ4v) is 3.74. The van der Waals surface area contributed by atoms with E-state index in [9.17, 15) is 5.11 Å². The molecule has 3 rings (SSSR count). The summed E-state index contributed by atoms with van der Waals surface area (Å²) < 4.78 is 0. The monoisotopic (exact) mass is 194 g/mol. The lowest BCUT2D eigenvalue weighted by Gasteiger charge is -2.26. The van der Waals surface area contributed by atoms with E-state index in [4.69, 9.17) is 0 Å². The van der Waals surface area contributed by atoms with Crippen molar-refractivity contribution in [1.82, 2.24) is 0 Å². The lowest BCUT2D eigenvalue weighted by Crippen LogP contribution is -2.22. The average Bonchev–Trinajstić information content (AvgIpc) is 3.02. The summed E-state index contributed by atoms with van der Waals surface area (Å²) in [7, 11) is 0. The van der Waals surface area contributed by atoms with E-state index in [1.807, 2.05) is 0 Å². The standard InChI is InChI=1S/C13H22O/c1-12(4-2-3-5-12)9-11(14)10-8-13(10)6-7-13/h10-11,14H,2-9H2,1H3. The molecular weight excluding hydrogens is 172 g/mol. The van der Waals surface area contributed by atoms with Crippen molar-refractivity contribution in [2.24, 2.45) is 16.7 Å². The molecule has 0 bridgehead atoms. The van der Waals surface area contributed by atoms with Crippen LogP contribution in [0.25, 0.3) is 0 Å². The zero-order valence-corrected chi connectivity index (χ0v) is 9.26. The molecule has 0 aromatic carbocycles. The van der Waals surface area contributed by atoms with Crippen molar-refractivity contribution in [2.45, 2.75) is 64.4 Å². The molecule has 0 amide bonds. The Morgan fingerprint density at radius 1 is 1.21 bits per heavy atom. The summed E-state index contributed by atoms with van der Waals surface area (Å²) in [4.78, 5) is 0. The van der Waals surface area contributed by atoms with Crippen molar-refractivity contribution >= 4 is 0 Å². The Morgan fingerprint density at radius 3 is 2.36 bits per heavy atom. The van der Waals surface area contributed by atoms with Crippen LogP contribution in [0.1, 0.15) is 58.3 Å². The lowest BCUT2D eigenvalue weighted by molar-refractivity contribution is 0.0838. The highest BCUT2D eigenvalue weighted by molar-refractivity contribution is 5.14. The van der Waals surface area contributed by atoms with E-state index in [0.717, 1.165) is 6.42 Å². The molecule has 1 spiro atoms. The van der Waals surface area contributed by atoms with Gasteiger partial charge in [-0.3, -0.25) is 0 Å². The number of hydrogen-bond donors (Lipinski definition) is 1. The first-order chi connectivity index (χ1) is 6.64. The lowest BCUT2D eigenvalue weighted by atomic mass is 9.81. The maximum atomic E-state index is 10.2. The maximum absolute atomic E-state index is 10.2. The first kappa shape index (κ1) is 9.21. The molecule has 1 nitrogen and oxygen atoms in total. The highest BCUT2D eigenvalue weighted by Crippen LogP contribution is 2.72. The van der Waals surface area contributed by atoms with Crippen LogP contribution in [0.5, 0.6) is 0 Å². The molecule has 1 heteroatoms. The zero-order valence-electron chi connectivity index (χ0n) is 9.26. The van der Waals surface area contributed by atoms with Crippen molar-refractivity contribution in [3.8, 4) is 0 Å². The maximum Gasteiger partial charge on any atom is 0.0579 e.